The molecule has 0 fully saturated rings. The van der Waals surface area contributed by atoms with Crippen LogP contribution in [0.1, 0.15) is 19.3 Å². The molecule has 0 radical (unpaired) electrons. The molecule has 0 spiro atoms. The molecule has 0 atom stereocenters. The smallest absolute Gasteiger partial charge is 0.303 e. The van der Waals surface area contributed by atoms with E-state index in [1.807, 2.05) is 0 Å². The Morgan fingerprint density at radius 3 is 2.70 bits per heavy atom. The van der Waals surface area contributed by atoms with Gasteiger partial charge >= 0.3 is 5.97 Å². The Kier molecular flexibility index (Phi) is 7.18. The number of carboxylic acids is 1. The Balaban J connectivity index is 2.23. The van der Waals surface area contributed by atoms with Gasteiger partial charge in [0.25, 0.3) is 5.91 Å². The van der Waals surface area contributed by atoms with Crippen molar-refractivity contribution >= 4 is 35.1 Å². The molecule has 1 aromatic rings. The second kappa shape index (κ2) is 8.66. The Bertz CT molecular complexity index is 479. The summed E-state index contributed by atoms with van der Waals surface area (Å²) in [5.41, 5.74) is 0. The van der Waals surface area contributed by atoms with E-state index >= 15 is 0 Å². The molecule has 20 heavy (non-hydrogen) atoms. The zero-order valence-corrected chi connectivity index (χ0v) is 12.2. The molecule has 5 nitrogen and oxygen atoms in total. The Labute approximate surface area is 126 Å². The summed E-state index contributed by atoms with van der Waals surface area (Å²) < 4.78 is 5.25. The minimum Gasteiger partial charge on any atom is -0.482 e. The summed E-state index contributed by atoms with van der Waals surface area (Å²) >= 11 is 11.7. The van der Waals surface area contributed by atoms with Gasteiger partial charge in [0.1, 0.15) is 5.75 Å². The molecule has 0 aliphatic heterocycles. The number of benzene rings is 1. The fourth-order valence-electron chi connectivity index (χ4n) is 1.41. The van der Waals surface area contributed by atoms with Crippen molar-refractivity contribution in [3.63, 3.8) is 0 Å². The van der Waals surface area contributed by atoms with E-state index in [2.05, 4.69) is 5.32 Å². The van der Waals surface area contributed by atoms with Crippen molar-refractivity contribution in [2.45, 2.75) is 19.3 Å². The lowest BCUT2D eigenvalue weighted by molar-refractivity contribution is -0.137. The average molecular weight is 320 g/mol. The van der Waals surface area contributed by atoms with Crippen LogP contribution in [0.25, 0.3) is 0 Å². The summed E-state index contributed by atoms with van der Waals surface area (Å²) in [6.45, 7) is 0.248. The third kappa shape index (κ3) is 6.63. The molecule has 0 aliphatic carbocycles. The molecule has 0 saturated heterocycles. The van der Waals surface area contributed by atoms with Gasteiger partial charge in [-0.1, -0.05) is 23.2 Å². The summed E-state index contributed by atoms with van der Waals surface area (Å²) in [7, 11) is 0. The lowest BCUT2D eigenvalue weighted by Crippen LogP contribution is -2.29. The van der Waals surface area contributed by atoms with E-state index in [0.717, 1.165) is 0 Å². The van der Waals surface area contributed by atoms with E-state index < -0.39 is 5.97 Å². The van der Waals surface area contributed by atoms with Crippen LogP contribution < -0.4 is 10.1 Å². The Morgan fingerprint density at radius 1 is 1.25 bits per heavy atom. The van der Waals surface area contributed by atoms with Gasteiger partial charge < -0.3 is 15.2 Å². The van der Waals surface area contributed by atoms with E-state index in [1.54, 1.807) is 12.1 Å². The van der Waals surface area contributed by atoms with Crippen LogP contribution in [0.5, 0.6) is 5.75 Å². The molecule has 1 rings (SSSR count). The first-order valence-corrected chi connectivity index (χ1v) is 6.81. The highest BCUT2D eigenvalue weighted by Crippen LogP contribution is 2.27. The molecule has 7 heteroatoms. The summed E-state index contributed by atoms with van der Waals surface area (Å²) in [5, 5.41) is 11.9. The van der Waals surface area contributed by atoms with Gasteiger partial charge in [-0.05, 0) is 25.0 Å². The largest absolute Gasteiger partial charge is 0.482 e. The maximum atomic E-state index is 11.5. The summed E-state index contributed by atoms with van der Waals surface area (Å²) in [6, 6.07) is 4.74. The second-order valence-electron chi connectivity index (χ2n) is 4.06. The zero-order valence-electron chi connectivity index (χ0n) is 10.7. The third-order valence-corrected chi connectivity index (χ3v) is 2.94. The van der Waals surface area contributed by atoms with Gasteiger partial charge in [0.15, 0.2) is 6.61 Å². The van der Waals surface area contributed by atoms with Crippen molar-refractivity contribution in [2.75, 3.05) is 13.2 Å². The highest BCUT2D eigenvalue weighted by Gasteiger charge is 2.06. The average Bonchev–Trinajstić information content (AvgIpc) is 2.39. The number of carbonyl (C=O) groups excluding carboxylic acids is 1. The molecule has 0 aliphatic rings. The predicted molar refractivity (Wildman–Crippen MR) is 76.5 cm³/mol. The van der Waals surface area contributed by atoms with Crippen LogP contribution in [-0.2, 0) is 9.59 Å². The molecule has 0 unspecified atom stereocenters. The first-order valence-electron chi connectivity index (χ1n) is 6.05. The van der Waals surface area contributed by atoms with E-state index in [-0.39, 0.29) is 18.9 Å². The lowest BCUT2D eigenvalue weighted by atomic mass is 10.2. The van der Waals surface area contributed by atoms with E-state index in [1.165, 1.54) is 6.07 Å². The Morgan fingerprint density at radius 2 is 2.00 bits per heavy atom. The number of aliphatic carboxylic acids is 1. The molecule has 2 N–H and O–H groups in total. The van der Waals surface area contributed by atoms with Crippen molar-refractivity contribution in [1.82, 2.24) is 5.32 Å². The number of carbonyl (C=O) groups is 2. The van der Waals surface area contributed by atoms with Crippen LogP contribution in [-0.4, -0.2) is 30.1 Å². The number of ether oxygens (including phenoxy) is 1. The van der Waals surface area contributed by atoms with Crippen LogP contribution in [0.4, 0.5) is 0 Å². The molecule has 0 aromatic heterocycles. The van der Waals surface area contributed by atoms with E-state index in [4.69, 9.17) is 33.0 Å². The fourth-order valence-corrected chi connectivity index (χ4v) is 1.75. The van der Waals surface area contributed by atoms with Crippen LogP contribution >= 0.6 is 23.2 Å². The fraction of sp³-hybridized carbons (Fsp3) is 0.385. The molecular weight excluding hydrogens is 305 g/mol. The predicted octanol–water partition coefficient (Wildman–Crippen LogP) is 2.74. The lowest BCUT2D eigenvalue weighted by Gasteiger charge is -2.08. The topological polar surface area (TPSA) is 75.6 Å². The van der Waals surface area contributed by atoms with Crippen molar-refractivity contribution in [1.29, 1.82) is 0 Å². The van der Waals surface area contributed by atoms with E-state index in [9.17, 15) is 9.59 Å². The SMILES string of the molecule is O=C(O)CCCCNC(=O)COc1cc(Cl)ccc1Cl. The number of hydrogen-bond donors (Lipinski definition) is 2. The maximum absolute atomic E-state index is 11.5. The quantitative estimate of drug-likeness (QED) is 0.722. The second-order valence-corrected chi connectivity index (χ2v) is 4.91. The minimum absolute atomic E-state index is 0.102. The van der Waals surface area contributed by atoms with Crippen molar-refractivity contribution < 1.29 is 19.4 Å². The molecule has 110 valence electrons. The maximum Gasteiger partial charge on any atom is 0.303 e. The van der Waals surface area contributed by atoms with Gasteiger partial charge in [-0.25, -0.2) is 0 Å². The number of amides is 1. The molecule has 0 heterocycles. The summed E-state index contributed by atoms with van der Waals surface area (Å²) in [4.78, 5) is 21.8. The summed E-state index contributed by atoms with van der Waals surface area (Å²) in [5.74, 6) is -0.785. The minimum atomic E-state index is -0.838. The zero-order chi connectivity index (χ0) is 15.0. The highest BCUT2D eigenvalue weighted by atomic mass is 35.5. The van der Waals surface area contributed by atoms with Crippen LogP contribution in [0.15, 0.2) is 18.2 Å². The Hall–Kier alpha value is -1.46. The standard InChI is InChI=1S/C13H15Cl2NO4/c14-9-4-5-10(15)11(7-9)20-8-12(17)16-6-2-1-3-13(18)19/h4-5,7H,1-3,6,8H2,(H,16,17)(H,18,19). The van der Waals surface area contributed by atoms with Crippen molar-refractivity contribution in [2.24, 2.45) is 0 Å². The normalized spacial score (nSPS) is 10.1. The summed E-state index contributed by atoms with van der Waals surface area (Å²) in [6.07, 6.45) is 1.23. The van der Waals surface area contributed by atoms with Gasteiger partial charge in [0.2, 0.25) is 0 Å². The van der Waals surface area contributed by atoms with Gasteiger partial charge in [0, 0.05) is 24.1 Å². The molecule has 1 amide bonds. The molecule has 0 saturated carbocycles. The number of carboxylic acid groups (broad SMARTS) is 1. The van der Waals surface area contributed by atoms with Crippen LogP contribution in [0.2, 0.25) is 10.0 Å². The van der Waals surface area contributed by atoms with Gasteiger partial charge in [-0.3, -0.25) is 9.59 Å². The van der Waals surface area contributed by atoms with Gasteiger partial charge in [0.05, 0.1) is 5.02 Å². The monoisotopic (exact) mass is 319 g/mol. The number of nitrogens with one attached hydrogen (secondary N) is 1. The first kappa shape index (κ1) is 16.6. The number of unbranched alkanes of at least 4 members (excludes halogenated alkanes) is 1. The number of halogens is 2. The number of hydrogen-bond acceptors (Lipinski definition) is 3. The van der Waals surface area contributed by atoms with Gasteiger partial charge in [-0.2, -0.15) is 0 Å². The molecule has 1 aromatic carbocycles. The highest BCUT2D eigenvalue weighted by molar-refractivity contribution is 6.34. The van der Waals surface area contributed by atoms with Crippen molar-refractivity contribution in [3.8, 4) is 5.75 Å². The van der Waals surface area contributed by atoms with Crippen molar-refractivity contribution in [3.05, 3.63) is 28.2 Å². The first-order chi connectivity index (χ1) is 9.49. The number of rotatable bonds is 8. The van der Waals surface area contributed by atoms with Crippen LogP contribution in [0.3, 0.4) is 0 Å². The van der Waals surface area contributed by atoms with E-state index in [0.29, 0.717) is 35.2 Å². The molecule has 0 bridgehead atoms. The van der Waals surface area contributed by atoms with Gasteiger partial charge in [-0.15, -0.1) is 0 Å². The van der Waals surface area contributed by atoms with Crippen LogP contribution in [0, 0.1) is 0 Å². The molecular formula is C13H15Cl2NO4. The third-order valence-electron chi connectivity index (χ3n) is 2.39.